The minimum Gasteiger partial charge on any atom is -0.313 e. The van der Waals surface area contributed by atoms with E-state index in [0.717, 1.165) is 23.8 Å². The van der Waals surface area contributed by atoms with Gasteiger partial charge in [-0.3, -0.25) is 0 Å². The van der Waals surface area contributed by atoms with Crippen molar-refractivity contribution in [3.8, 4) is 0 Å². The Labute approximate surface area is 85.5 Å². The van der Waals surface area contributed by atoms with Gasteiger partial charge in [-0.2, -0.15) is 0 Å². The van der Waals surface area contributed by atoms with Crippen LogP contribution in [0.2, 0.25) is 0 Å². The molecule has 3 unspecified atom stereocenters. The number of fused-ring (bicyclic) bond motifs is 1. The summed E-state index contributed by atoms with van der Waals surface area (Å²) in [6, 6.07) is 11.8. The van der Waals surface area contributed by atoms with Crippen LogP contribution in [0.15, 0.2) is 30.3 Å². The highest BCUT2D eigenvalue weighted by molar-refractivity contribution is 5.40. The Bertz CT molecular complexity index is 309. The molecule has 1 heteroatoms. The van der Waals surface area contributed by atoms with E-state index in [9.17, 15) is 0 Å². The lowest BCUT2D eigenvalue weighted by Crippen LogP contribution is -2.25. The lowest BCUT2D eigenvalue weighted by molar-refractivity contribution is 0.533. The highest BCUT2D eigenvalue weighted by atomic mass is 15.1. The Kier molecular flexibility index (Phi) is 1.88. The van der Waals surface area contributed by atoms with Crippen LogP contribution in [0.4, 0.5) is 0 Å². The van der Waals surface area contributed by atoms with Gasteiger partial charge >= 0.3 is 0 Å². The fraction of sp³-hybridized carbons (Fsp3) is 0.538. The van der Waals surface area contributed by atoms with Crippen molar-refractivity contribution in [1.82, 2.24) is 5.32 Å². The van der Waals surface area contributed by atoms with Crippen molar-refractivity contribution in [3.05, 3.63) is 35.9 Å². The Morgan fingerprint density at radius 1 is 1.14 bits per heavy atom. The molecule has 14 heavy (non-hydrogen) atoms. The van der Waals surface area contributed by atoms with Crippen LogP contribution in [-0.2, 0) is 0 Å². The Hall–Kier alpha value is -0.820. The summed E-state index contributed by atoms with van der Waals surface area (Å²) in [7, 11) is 0. The van der Waals surface area contributed by atoms with E-state index in [1.807, 2.05) is 0 Å². The third-order valence-corrected chi connectivity index (χ3v) is 3.64. The molecule has 0 aliphatic heterocycles. The van der Waals surface area contributed by atoms with Crippen molar-refractivity contribution in [1.29, 1.82) is 0 Å². The highest BCUT2D eigenvalue weighted by Gasteiger charge is 2.73. The lowest BCUT2D eigenvalue weighted by atomic mass is 10.0. The minimum atomic E-state index is 0.861. The SMILES string of the molecule is CCCNC1C2C(c3ccccc3)[C@H]12. The zero-order valence-electron chi connectivity index (χ0n) is 8.61. The summed E-state index contributed by atoms with van der Waals surface area (Å²) in [5.74, 6) is 2.85. The predicted octanol–water partition coefficient (Wildman–Crippen LogP) is 2.40. The fourth-order valence-corrected chi connectivity index (χ4v) is 2.72. The predicted molar refractivity (Wildman–Crippen MR) is 58.2 cm³/mol. The summed E-state index contributed by atoms with van der Waals surface area (Å²) in [6.45, 7) is 3.43. The molecule has 0 heterocycles. The Balaban J connectivity index is 1.54. The molecule has 0 amide bonds. The summed E-state index contributed by atoms with van der Waals surface area (Å²) < 4.78 is 0. The summed E-state index contributed by atoms with van der Waals surface area (Å²) in [4.78, 5) is 0. The van der Waals surface area contributed by atoms with Gasteiger partial charge < -0.3 is 5.32 Å². The molecule has 1 aromatic carbocycles. The molecule has 1 N–H and O–H groups in total. The van der Waals surface area contributed by atoms with Gasteiger partial charge in [-0.25, -0.2) is 0 Å². The lowest BCUT2D eigenvalue weighted by Gasteiger charge is -2.12. The summed E-state index contributed by atoms with van der Waals surface area (Å²) in [6.07, 6.45) is 1.26. The van der Waals surface area contributed by atoms with E-state index >= 15 is 0 Å². The number of hydrogen-bond acceptors (Lipinski definition) is 1. The first-order chi connectivity index (χ1) is 6.93. The zero-order chi connectivity index (χ0) is 9.54. The molecular weight excluding hydrogens is 170 g/mol. The molecule has 0 bridgehead atoms. The molecule has 1 nitrogen and oxygen atoms in total. The molecule has 4 atom stereocenters. The second-order valence-electron chi connectivity index (χ2n) is 4.57. The van der Waals surface area contributed by atoms with Gasteiger partial charge in [0.05, 0.1) is 0 Å². The van der Waals surface area contributed by atoms with Crippen molar-refractivity contribution >= 4 is 0 Å². The van der Waals surface area contributed by atoms with Crippen molar-refractivity contribution in [2.45, 2.75) is 25.3 Å². The maximum Gasteiger partial charge on any atom is 0.0142 e. The van der Waals surface area contributed by atoms with E-state index in [2.05, 4.69) is 42.6 Å². The smallest absolute Gasteiger partial charge is 0.0142 e. The third kappa shape index (κ3) is 1.19. The van der Waals surface area contributed by atoms with Gasteiger partial charge in [0.2, 0.25) is 0 Å². The quantitative estimate of drug-likeness (QED) is 0.763. The first kappa shape index (κ1) is 8.49. The minimum absolute atomic E-state index is 0.861. The van der Waals surface area contributed by atoms with E-state index in [4.69, 9.17) is 0 Å². The fourth-order valence-electron chi connectivity index (χ4n) is 2.72. The number of nitrogens with one attached hydrogen (secondary N) is 1. The van der Waals surface area contributed by atoms with Crippen molar-refractivity contribution in [2.75, 3.05) is 6.54 Å². The standard InChI is InChI=1S/C13H17N/c1-2-8-14-13-11-10(12(11)13)9-6-4-3-5-7-9/h3-7,10-14H,2,8H2,1H3/t10?,11-,12?,13?/m0/s1. The van der Waals surface area contributed by atoms with E-state index in [-0.39, 0.29) is 0 Å². The Morgan fingerprint density at radius 2 is 1.86 bits per heavy atom. The van der Waals surface area contributed by atoms with Gasteiger partial charge in [0, 0.05) is 6.04 Å². The summed E-state index contributed by atoms with van der Waals surface area (Å²) in [5, 5.41) is 3.61. The second-order valence-corrected chi connectivity index (χ2v) is 4.57. The van der Waals surface area contributed by atoms with Gasteiger partial charge in [-0.1, -0.05) is 37.3 Å². The molecule has 0 radical (unpaired) electrons. The van der Waals surface area contributed by atoms with Crippen LogP contribution in [0.1, 0.15) is 24.8 Å². The van der Waals surface area contributed by atoms with Gasteiger partial charge in [-0.05, 0) is 36.3 Å². The maximum atomic E-state index is 3.61. The number of benzene rings is 1. The summed E-state index contributed by atoms with van der Waals surface area (Å²) in [5.41, 5.74) is 1.55. The first-order valence-corrected chi connectivity index (χ1v) is 5.72. The largest absolute Gasteiger partial charge is 0.313 e. The number of rotatable bonds is 4. The molecule has 0 aromatic heterocycles. The molecule has 0 spiro atoms. The maximum absolute atomic E-state index is 3.61. The molecule has 74 valence electrons. The third-order valence-electron chi connectivity index (χ3n) is 3.64. The van der Waals surface area contributed by atoms with E-state index < -0.39 is 0 Å². The highest BCUT2D eigenvalue weighted by Crippen LogP contribution is 2.73. The van der Waals surface area contributed by atoms with E-state index in [0.29, 0.717) is 0 Å². The Morgan fingerprint density at radius 3 is 2.50 bits per heavy atom. The van der Waals surface area contributed by atoms with Crippen LogP contribution in [0.5, 0.6) is 0 Å². The molecule has 0 saturated heterocycles. The first-order valence-electron chi connectivity index (χ1n) is 5.72. The van der Waals surface area contributed by atoms with Crippen LogP contribution < -0.4 is 5.32 Å². The molecule has 2 saturated carbocycles. The molecule has 1 aromatic rings. The van der Waals surface area contributed by atoms with Crippen molar-refractivity contribution in [2.24, 2.45) is 11.8 Å². The van der Waals surface area contributed by atoms with Crippen molar-refractivity contribution in [3.63, 3.8) is 0 Å². The topological polar surface area (TPSA) is 12.0 Å². The average molecular weight is 187 g/mol. The van der Waals surface area contributed by atoms with E-state index in [1.165, 1.54) is 13.0 Å². The molecular formula is C13H17N. The van der Waals surface area contributed by atoms with Gasteiger partial charge in [0.25, 0.3) is 0 Å². The molecule has 2 aliphatic carbocycles. The van der Waals surface area contributed by atoms with Gasteiger partial charge in [0.15, 0.2) is 0 Å². The van der Waals surface area contributed by atoms with Crippen LogP contribution in [0.25, 0.3) is 0 Å². The van der Waals surface area contributed by atoms with Crippen LogP contribution in [-0.4, -0.2) is 12.6 Å². The second kappa shape index (κ2) is 3.09. The van der Waals surface area contributed by atoms with Gasteiger partial charge in [-0.15, -0.1) is 0 Å². The van der Waals surface area contributed by atoms with Crippen LogP contribution in [0.3, 0.4) is 0 Å². The average Bonchev–Trinajstić information content (AvgIpc) is 3.09. The van der Waals surface area contributed by atoms with Crippen LogP contribution in [0, 0.1) is 11.8 Å². The molecule has 2 fully saturated rings. The van der Waals surface area contributed by atoms with Crippen LogP contribution >= 0.6 is 0 Å². The normalized spacial score (nSPS) is 37.8. The van der Waals surface area contributed by atoms with E-state index in [1.54, 1.807) is 5.56 Å². The zero-order valence-corrected chi connectivity index (χ0v) is 8.61. The van der Waals surface area contributed by atoms with Gasteiger partial charge in [0.1, 0.15) is 0 Å². The number of hydrogen-bond donors (Lipinski definition) is 1. The van der Waals surface area contributed by atoms with Crippen molar-refractivity contribution < 1.29 is 0 Å². The monoisotopic (exact) mass is 187 g/mol. The summed E-state index contributed by atoms with van der Waals surface area (Å²) >= 11 is 0. The molecule has 3 rings (SSSR count). The molecule has 2 aliphatic rings.